The second kappa shape index (κ2) is 9.86. The van der Waals surface area contributed by atoms with Gasteiger partial charge in [0.2, 0.25) is 11.8 Å². The van der Waals surface area contributed by atoms with Crippen LogP contribution in [0.25, 0.3) is 0 Å². The molecule has 1 aromatic carbocycles. The number of ketones is 1. The maximum absolute atomic E-state index is 12.1. The topological polar surface area (TPSA) is 94.6 Å². The first-order valence-corrected chi connectivity index (χ1v) is 8.82. The maximum atomic E-state index is 12.1. The van der Waals surface area contributed by atoms with E-state index in [0.29, 0.717) is 5.69 Å². The zero-order valence-corrected chi connectivity index (χ0v) is 16.2. The van der Waals surface area contributed by atoms with E-state index in [1.165, 1.54) is 18.2 Å². The van der Waals surface area contributed by atoms with Gasteiger partial charge in [0.05, 0.1) is 5.56 Å². The number of rotatable bonds is 8. The molecular weight excluding hydrogens is 405 g/mol. The molecule has 1 N–H and O–H groups in total. The van der Waals surface area contributed by atoms with Crippen LogP contribution < -0.4 is 10.1 Å². The third-order valence-electron chi connectivity index (χ3n) is 3.69. The second-order valence-corrected chi connectivity index (χ2v) is 6.51. The summed E-state index contributed by atoms with van der Waals surface area (Å²) in [5, 5.41) is 2.69. The lowest BCUT2D eigenvalue weighted by Crippen LogP contribution is -2.19. The number of aromatic nitrogens is 1. The molecule has 0 unspecified atom stereocenters. The van der Waals surface area contributed by atoms with Gasteiger partial charge in [0.1, 0.15) is 0 Å². The molecule has 2 aromatic rings. The van der Waals surface area contributed by atoms with Gasteiger partial charge in [-0.25, -0.2) is 9.78 Å². The molecule has 0 aliphatic rings. The number of nitrogens with one attached hydrogen (secondary N) is 1. The fraction of sp³-hybridized carbons (Fsp3) is 0.300. The van der Waals surface area contributed by atoms with Crippen molar-refractivity contribution >= 4 is 23.3 Å². The normalized spacial score (nSPS) is 11.1. The highest BCUT2D eigenvalue weighted by molar-refractivity contribution is 6.00. The van der Waals surface area contributed by atoms with Crippen molar-refractivity contribution in [1.29, 1.82) is 0 Å². The Labute approximate surface area is 170 Å². The number of alkyl halides is 3. The van der Waals surface area contributed by atoms with E-state index in [-0.39, 0.29) is 28.8 Å². The van der Waals surface area contributed by atoms with E-state index in [1.54, 1.807) is 26.0 Å². The highest BCUT2D eigenvalue weighted by Crippen LogP contribution is 2.17. The van der Waals surface area contributed by atoms with Gasteiger partial charge in [-0.2, -0.15) is 13.2 Å². The Kier molecular flexibility index (Phi) is 7.51. The molecule has 7 nitrogen and oxygen atoms in total. The summed E-state index contributed by atoms with van der Waals surface area (Å²) < 4.78 is 45.6. The summed E-state index contributed by atoms with van der Waals surface area (Å²) in [7, 11) is 0. The summed E-state index contributed by atoms with van der Waals surface area (Å²) in [6.07, 6.45) is -3.51. The van der Waals surface area contributed by atoms with Crippen molar-refractivity contribution in [2.24, 2.45) is 5.92 Å². The molecule has 0 fully saturated rings. The number of ether oxygens (including phenoxy) is 2. The van der Waals surface area contributed by atoms with Gasteiger partial charge in [-0.1, -0.05) is 13.8 Å². The lowest BCUT2D eigenvalue weighted by Gasteiger charge is -2.09. The number of anilines is 1. The molecule has 30 heavy (non-hydrogen) atoms. The van der Waals surface area contributed by atoms with Crippen LogP contribution in [0.15, 0.2) is 42.6 Å². The highest BCUT2D eigenvalue weighted by Gasteiger charge is 2.28. The quantitative estimate of drug-likeness (QED) is 0.514. The molecule has 0 spiro atoms. The average molecular weight is 424 g/mol. The van der Waals surface area contributed by atoms with Gasteiger partial charge in [-0.05, 0) is 30.3 Å². The van der Waals surface area contributed by atoms with Crippen molar-refractivity contribution in [2.75, 3.05) is 18.5 Å². The molecule has 0 atom stereocenters. The van der Waals surface area contributed by atoms with Gasteiger partial charge in [0.25, 0.3) is 0 Å². The predicted octanol–water partition coefficient (Wildman–Crippen LogP) is 3.66. The Balaban J connectivity index is 1.86. The van der Waals surface area contributed by atoms with Crippen LogP contribution in [-0.4, -0.2) is 42.0 Å². The molecule has 0 radical (unpaired) electrons. The Morgan fingerprint density at radius 3 is 2.20 bits per heavy atom. The first-order chi connectivity index (χ1) is 14.0. The Hall–Kier alpha value is -3.43. The number of esters is 1. The Morgan fingerprint density at radius 2 is 1.67 bits per heavy atom. The van der Waals surface area contributed by atoms with E-state index >= 15 is 0 Å². The van der Waals surface area contributed by atoms with Crippen molar-refractivity contribution in [3.05, 3.63) is 53.7 Å². The number of hydrogen-bond acceptors (Lipinski definition) is 6. The first kappa shape index (κ1) is 22.9. The number of pyridine rings is 1. The van der Waals surface area contributed by atoms with E-state index in [1.807, 2.05) is 0 Å². The lowest BCUT2D eigenvalue weighted by atomic mass is 10.1. The minimum atomic E-state index is -4.50. The summed E-state index contributed by atoms with van der Waals surface area (Å²) in [5.41, 5.74) is 0.759. The van der Waals surface area contributed by atoms with Crippen molar-refractivity contribution in [3.8, 4) is 5.88 Å². The van der Waals surface area contributed by atoms with Gasteiger partial charge < -0.3 is 14.8 Å². The zero-order chi connectivity index (χ0) is 22.3. The van der Waals surface area contributed by atoms with E-state index in [9.17, 15) is 27.6 Å². The Bertz CT molecular complexity index is 894. The van der Waals surface area contributed by atoms with Crippen LogP contribution in [0.3, 0.4) is 0 Å². The average Bonchev–Trinajstić information content (AvgIpc) is 2.70. The summed E-state index contributed by atoms with van der Waals surface area (Å²) in [6.45, 7) is 1.46. The fourth-order valence-corrected chi connectivity index (χ4v) is 2.07. The van der Waals surface area contributed by atoms with Crippen LogP contribution in [0.5, 0.6) is 5.88 Å². The van der Waals surface area contributed by atoms with E-state index in [4.69, 9.17) is 4.74 Å². The van der Waals surface area contributed by atoms with Crippen LogP contribution in [-0.2, 0) is 9.53 Å². The van der Waals surface area contributed by atoms with Crippen molar-refractivity contribution in [2.45, 2.75) is 20.0 Å². The van der Waals surface area contributed by atoms with Gasteiger partial charge in [0.15, 0.2) is 19.0 Å². The summed E-state index contributed by atoms with van der Waals surface area (Å²) in [5.74, 6) is -1.98. The molecule has 1 aromatic heterocycles. The molecule has 0 saturated carbocycles. The maximum Gasteiger partial charge on any atom is 0.422 e. The van der Waals surface area contributed by atoms with Crippen molar-refractivity contribution < 1.29 is 37.0 Å². The van der Waals surface area contributed by atoms with Crippen molar-refractivity contribution in [3.63, 3.8) is 0 Å². The smallest absolute Gasteiger partial charge is 0.422 e. The molecule has 2 rings (SSSR count). The lowest BCUT2D eigenvalue weighted by molar-refractivity contribution is -0.154. The summed E-state index contributed by atoms with van der Waals surface area (Å²) >= 11 is 0. The standard InChI is InChI=1S/C20H19F3N2O5/c1-12(2)18(27)25-15-6-3-13(4-7-15)16(26)10-29-19(28)14-5-8-17(24-9-14)30-11-20(21,22)23/h3-9,12H,10-11H2,1-2H3,(H,25,27). The molecule has 1 heterocycles. The number of amides is 1. The fourth-order valence-electron chi connectivity index (χ4n) is 2.07. The number of hydrogen-bond donors (Lipinski definition) is 1. The third-order valence-corrected chi connectivity index (χ3v) is 3.69. The number of halogens is 3. The minimum absolute atomic E-state index is 0.0473. The summed E-state index contributed by atoms with van der Waals surface area (Å²) in [4.78, 5) is 39.4. The molecular formula is C20H19F3N2O5. The van der Waals surface area contributed by atoms with Crippen LogP contribution >= 0.6 is 0 Å². The molecule has 0 saturated heterocycles. The van der Waals surface area contributed by atoms with E-state index in [2.05, 4.69) is 15.0 Å². The molecule has 10 heteroatoms. The Morgan fingerprint density at radius 1 is 1.03 bits per heavy atom. The number of nitrogens with zero attached hydrogens (tertiary/aromatic N) is 1. The largest absolute Gasteiger partial charge is 0.468 e. The summed E-state index contributed by atoms with van der Waals surface area (Å²) in [6, 6.07) is 8.35. The number of benzene rings is 1. The number of carbonyl (C=O) groups is 3. The second-order valence-electron chi connectivity index (χ2n) is 6.51. The number of carbonyl (C=O) groups excluding carboxylic acids is 3. The predicted molar refractivity (Wildman–Crippen MR) is 100 cm³/mol. The van der Waals surface area contributed by atoms with Gasteiger partial charge in [0, 0.05) is 29.4 Å². The van der Waals surface area contributed by atoms with E-state index < -0.39 is 31.1 Å². The van der Waals surface area contributed by atoms with Gasteiger partial charge in [-0.15, -0.1) is 0 Å². The molecule has 1 amide bonds. The number of Topliss-reactive ketones (excluding diaryl/α,β-unsaturated/α-hetero) is 1. The first-order valence-electron chi connectivity index (χ1n) is 8.82. The molecule has 0 bridgehead atoms. The monoisotopic (exact) mass is 424 g/mol. The van der Waals surface area contributed by atoms with Crippen molar-refractivity contribution in [1.82, 2.24) is 4.98 Å². The van der Waals surface area contributed by atoms with Crippen LogP contribution in [0.2, 0.25) is 0 Å². The molecule has 160 valence electrons. The van der Waals surface area contributed by atoms with Crippen LogP contribution in [0.1, 0.15) is 34.6 Å². The molecule has 0 aliphatic carbocycles. The van der Waals surface area contributed by atoms with Gasteiger partial charge in [-0.3, -0.25) is 9.59 Å². The van der Waals surface area contributed by atoms with Crippen LogP contribution in [0, 0.1) is 5.92 Å². The van der Waals surface area contributed by atoms with Crippen LogP contribution in [0.4, 0.5) is 18.9 Å². The minimum Gasteiger partial charge on any atom is -0.468 e. The zero-order valence-electron chi connectivity index (χ0n) is 16.2. The van der Waals surface area contributed by atoms with E-state index in [0.717, 1.165) is 12.3 Å². The van der Waals surface area contributed by atoms with Gasteiger partial charge >= 0.3 is 12.1 Å². The molecule has 0 aliphatic heterocycles. The highest BCUT2D eigenvalue weighted by atomic mass is 19.4. The third kappa shape index (κ3) is 7.19. The SMILES string of the molecule is CC(C)C(=O)Nc1ccc(C(=O)COC(=O)c2ccc(OCC(F)(F)F)nc2)cc1.